The monoisotopic (exact) mass is 433 g/mol. The Morgan fingerprint density at radius 3 is 2.71 bits per heavy atom. The number of rotatable bonds is 8. The summed E-state index contributed by atoms with van der Waals surface area (Å²) in [5.74, 6) is 1.20. The van der Waals surface area contributed by atoms with Crippen molar-refractivity contribution in [2.75, 3.05) is 18.5 Å². The van der Waals surface area contributed by atoms with Crippen LogP contribution in [-0.2, 0) is 4.74 Å². The van der Waals surface area contributed by atoms with Crippen LogP contribution in [0.5, 0.6) is 5.75 Å². The van der Waals surface area contributed by atoms with Crippen LogP contribution >= 0.6 is 11.3 Å². The Kier molecular flexibility index (Phi) is 6.43. The molecular formula is C24H23N3O3S. The standard InChI is InChI=1S/C24H23N3O3S/c1-3-12-30-24(28)17-6-5-7-18(13-17)27-22-21-20(14-31-23(21)26-15-25-22)16-8-10-19(11-9-16)29-4-2/h5-11,13-15H,3-4,12H2,1-2H3,(H,25,26,27). The van der Waals surface area contributed by atoms with Crippen LogP contribution in [0.3, 0.4) is 0 Å². The predicted octanol–water partition coefficient (Wildman–Crippen LogP) is 6.07. The molecule has 0 aliphatic heterocycles. The van der Waals surface area contributed by atoms with Gasteiger partial charge in [0.05, 0.1) is 24.2 Å². The SMILES string of the molecule is CCCOC(=O)c1cccc(Nc2ncnc3scc(-c4ccc(OCC)cc4)c23)c1. The highest BCUT2D eigenvalue weighted by Crippen LogP contribution is 2.38. The van der Waals surface area contributed by atoms with Gasteiger partial charge in [0.25, 0.3) is 0 Å². The summed E-state index contributed by atoms with van der Waals surface area (Å²) in [5, 5.41) is 6.37. The van der Waals surface area contributed by atoms with E-state index in [1.165, 1.54) is 0 Å². The second-order valence-electron chi connectivity index (χ2n) is 6.85. The maximum atomic E-state index is 12.2. The highest BCUT2D eigenvalue weighted by molar-refractivity contribution is 7.17. The van der Waals surface area contributed by atoms with Crippen molar-refractivity contribution < 1.29 is 14.3 Å². The van der Waals surface area contributed by atoms with Gasteiger partial charge in [-0.2, -0.15) is 0 Å². The van der Waals surface area contributed by atoms with Crippen LogP contribution < -0.4 is 10.1 Å². The molecule has 0 aliphatic rings. The summed E-state index contributed by atoms with van der Waals surface area (Å²) < 4.78 is 10.8. The Morgan fingerprint density at radius 2 is 1.94 bits per heavy atom. The molecule has 31 heavy (non-hydrogen) atoms. The van der Waals surface area contributed by atoms with Crippen LogP contribution in [0.1, 0.15) is 30.6 Å². The number of carbonyl (C=O) groups excluding carboxylic acids is 1. The van der Waals surface area contributed by atoms with Crippen molar-refractivity contribution in [3.05, 3.63) is 65.8 Å². The number of ether oxygens (including phenoxy) is 2. The number of esters is 1. The van der Waals surface area contributed by atoms with Gasteiger partial charge in [0.2, 0.25) is 0 Å². The minimum Gasteiger partial charge on any atom is -0.494 e. The minimum absolute atomic E-state index is 0.330. The molecular weight excluding hydrogens is 410 g/mol. The fourth-order valence-corrected chi connectivity index (χ4v) is 4.13. The highest BCUT2D eigenvalue weighted by Gasteiger charge is 2.14. The van der Waals surface area contributed by atoms with Crippen molar-refractivity contribution in [3.63, 3.8) is 0 Å². The van der Waals surface area contributed by atoms with Crippen LogP contribution in [0, 0.1) is 0 Å². The first-order valence-corrected chi connectivity index (χ1v) is 11.1. The van der Waals surface area contributed by atoms with Gasteiger partial charge in [-0.15, -0.1) is 11.3 Å². The van der Waals surface area contributed by atoms with Gasteiger partial charge in [-0.25, -0.2) is 14.8 Å². The van der Waals surface area contributed by atoms with Gasteiger partial charge in [-0.1, -0.05) is 25.1 Å². The number of hydrogen-bond donors (Lipinski definition) is 1. The normalized spacial score (nSPS) is 10.8. The van der Waals surface area contributed by atoms with Gasteiger partial charge < -0.3 is 14.8 Å². The van der Waals surface area contributed by atoms with Gasteiger partial charge in [-0.05, 0) is 49.2 Å². The van der Waals surface area contributed by atoms with E-state index in [2.05, 4.69) is 20.7 Å². The zero-order chi connectivity index (χ0) is 21.6. The number of aromatic nitrogens is 2. The van der Waals surface area contributed by atoms with Crippen molar-refractivity contribution >= 4 is 39.0 Å². The van der Waals surface area contributed by atoms with E-state index in [4.69, 9.17) is 9.47 Å². The fraction of sp³-hybridized carbons (Fsp3) is 0.208. The summed E-state index contributed by atoms with van der Waals surface area (Å²) in [6, 6.07) is 15.2. The zero-order valence-corrected chi connectivity index (χ0v) is 18.2. The lowest BCUT2D eigenvalue weighted by Gasteiger charge is -2.10. The largest absolute Gasteiger partial charge is 0.494 e. The van der Waals surface area contributed by atoms with Crippen LogP contribution in [0.2, 0.25) is 0 Å². The predicted molar refractivity (Wildman–Crippen MR) is 124 cm³/mol. The number of nitrogens with zero attached hydrogens (tertiary/aromatic N) is 2. The molecule has 0 fully saturated rings. The molecule has 0 atom stereocenters. The zero-order valence-electron chi connectivity index (χ0n) is 17.4. The van der Waals surface area contributed by atoms with E-state index in [9.17, 15) is 4.79 Å². The number of thiophene rings is 1. The van der Waals surface area contributed by atoms with Crippen LogP contribution in [0.4, 0.5) is 11.5 Å². The van der Waals surface area contributed by atoms with Crippen molar-refractivity contribution in [1.29, 1.82) is 0 Å². The summed E-state index contributed by atoms with van der Waals surface area (Å²) in [5.41, 5.74) is 3.37. The third-order valence-corrected chi connectivity index (χ3v) is 5.53. The molecule has 158 valence electrons. The Balaban J connectivity index is 1.66. The Hall–Kier alpha value is -3.45. The van der Waals surface area contributed by atoms with E-state index in [1.54, 1.807) is 29.8 Å². The van der Waals surface area contributed by atoms with E-state index < -0.39 is 0 Å². The van der Waals surface area contributed by atoms with Gasteiger partial charge in [0.1, 0.15) is 22.7 Å². The fourth-order valence-electron chi connectivity index (χ4n) is 3.22. The first-order valence-electron chi connectivity index (χ1n) is 10.2. The molecule has 1 N–H and O–H groups in total. The molecule has 2 aromatic heterocycles. The van der Waals surface area contributed by atoms with Crippen molar-refractivity contribution in [1.82, 2.24) is 9.97 Å². The van der Waals surface area contributed by atoms with E-state index in [1.807, 2.05) is 50.2 Å². The van der Waals surface area contributed by atoms with Crippen molar-refractivity contribution in [2.24, 2.45) is 0 Å². The molecule has 0 radical (unpaired) electrons. The first-order chi connectivity index (χ1) is 15.2. The maximum Gasteiger partial charge on any atom is 0.338 e. The Labute approximate surface area is 184 Å². The number of hydrogen-bond acceptors (Lipinski definition) is 7. The molecule has 2 aromatic carbocycles. The summed E-state index contributed by atoms with van der Waals surface area (Å²) in [6.07, 6.45) is 2.33. The summed E-state index contributed by atoms with van der Waals surface area (Å²) in [4.78, 5) is 22.0. The molecule has 0 aliphatic carbocycles. The molecule has 4 aromatic rings. The summed E-state index contributed by atoms with van der Waals surface area (Å²) in [6.45, 7) is 4.97. The molecule has 2 heterocycles. The van der Waals surface area contributed by atoms with Gasteiger partial charge in [0.15, 0.2) is 0 Å². The Bertz CT molecular complexity index is 1190. The highest BCUT2D eigenvalue weighted by atomic mass is 32.1. The smallest absolute Gasteiger partial charge is 0.338 e. The average Bonchev–Trinajstić information content (AvgIpc) is 3.24. The summed E-state index contributed by atoms with van der Waals surface area (Å²) in [7, 11) is 0. The average molecular weight is 434 g/mol. The number of benzene rings is 2. The third kappa shape index (κ3) is 4.67. The molecule has 0 spiro atoms. The van der Waals surface area contributed by atoms with Gasteiger partial charge in [0, 0.05) is 16.6 Å². The lowest BCUT2D eigenvalue weighted by molar-refractivity contribution is 0.0505. The van der Waals surface area contributed by atoms with Crippen molar-refractivity contribution in [3.8, 4) is 16.9 Å². The number of carbonyl (C=O) groups is 1. The van der Waals surface area contributed by atoms with E-state index >= 15 is 0 Å². The number of fused-ring (bicyclic) bond motifs is 1. The van der Waals surface area contributed by atoms with E-state index in [0.29, 0.717) is 24.6 Å². The number of nitrogens with one attached hydrogen (secondary N) is 1. The van der Waals surface area contributed by atoms with Gasteiger partial charge in [-0.3, -0.25) is 0 Å². The molecule has 0 saturated carbocycles. The molecule has 4 rings (SSSR count). The maximum absolute atomic E-state index is 12.2. The lowest BCUT2D eigenvalue weighted by atomic mass is 10.1. The second-order valence-corrected chi connectivity index (χ2v) is 7.71. The molecule has 0 bridgehead atoms. The second kappa shape index (κ2) is 9.57. The van der Waals surface area contributed by atoms with Crippen LogP contribution in [0.15, 0.2) is 60.2 Å². The van der Waals surface area contributed by atoms with Gasteiger partial charge >= 0.3 is 5.97 Å². The van der Waals surface area contributed by atoms with Crippen LogP contribution in [-0.4, -0.2) is 29.2 Å². The lowest BCUT2D eigenvalue weighted by Crippen LogP contribution is -2.06. The van der Waals surface area contributed by atoms with Crippen LogP contribution in [0.25, 0.3) is 21.3 Å². The van der Waals surface area contributed by atoms with E-state index in [0.717, 1.165) is 39.2 Å². The molecule has 0 unspecified atom stereocenters. The quantitative estimate of drug-likeness (QED) is 0.340. The third-order valence-electron chi connectivity index (χ3n) is 4.64. The van der Waals surface area contributed by atoms with Crippen molar-refractivity contribution in [2.45, 2.75) is 20.3 Å². The molecule has 6 nitrogen and oxygen atoms in total. The first kappa shape index (κ1) is 20.8. The summed E-state index contributed by atoms with van der Waals surface area (Å²) >= 11 is 1.57. The van der Waals surface area contributed by atoms with E-state index in [-0.39, 0.29) is 5.97 Å². The minimum atomic E-state index is -0.330. The topological polar surface area (TPSA) is 73.3 Å². The molecule has 0 saturated heterocycles. The Morgan fingerprint density at radius 1 is 1.10 bits per heavy atom. The molecule has 7 heteroatoms. The molecule has 0 amide bonds. The number of anilines is 2.